The van der Waals surface area contributed by atoms with Crippen LogP contribution in [0.25, 0.3) is 0 Å². The van der Waals surface area contributed by atoms with Crippen LogP contribution in [-0.4, -0.2) is 25.8 Å². The molecular formula is C30H27N3O3. The summed E-state index contributed by atoms with van der Waals surface area (Å²) in [6, 6.07) is 31.6. The number of nitrogens with zero attached hydrogens (tertiary/aromatic N) is 1. The maximum atomic E-state index is 13.2. The summed E-state index contributed by atoms with van der Waals surface area (Å²) < 4.78 is 10.9. The highest BCUT2D eigenvalue weighted by molar-refractivity contribution is 6.24. The van der Waals surface area contributed by atoms with E-state index < -0.39 is 5.92 Å². The number of aliphatic imine (C=N–C) groups is 1. The van der Waals surface area contributed by atoms with E-state index in [1.165, 1.54) is 0 Å². The summed E-state index contributed by atoms with van der Waals surface area (Å²) >= 11 is 0. The predicted molar refractivity (Wildman–Crippen MR) is 144 cm³/mol. The van der Waals surface area contributed by atoms with E-state index in [-0.39, 0.29) is 5.91 Å². The van der Waals surface area contributed by atoms with Gasteiger partial charge in [0, 0.05) is 24.0 Å². The van der Waals surface area contributed by atoms with Crippen molar-refractivity contribution in [1.29, 1.82) is 0 Å². The van der Waals surface area contributed by atoms with Crippen molar-refractivity contribution in [1.82, 2.24) is 0 Å². The van der Waals surface area contributed by atoms with Gasteiger partial charge in [-0.2, -0.15) is 0 Å². The van der Waals surface area contributed by atoms with Crippen LogP contribution in [0.5, 0.6) is 11.5 Å². The summed E-state index contributed by atoms with van der Waals surface area (Å²) in [5.74, 6) is 0.420. The van der Waals surface area contributed by atoms with Crippen LogP contribution in [0, 0.1) is 0 Å². The number of carbonyl (C=O) groups excluding carboxylic acids is 1. The first-order chi connectivity index (χ1) is 17.7. The Balaban J connectivity index is 1.49. The van der Waals surface area contributed by atoms with Crippen LogP contribution in [0.1, 0.15) is 22.6 Å². The molecule has 0 bridgehead atoms. The zero-order valence-electron chi connectivity index (χ0n) is 20.2. The van der Waals surface area contributed by atoms with Crippen LogP contribution in [0.15, 0.2) is 102 Å². The third kappa shape index (κ3) is 4.79. The highest BCUT2D eigenvalue weighted by atomic mass is 16.5. The number of hydrogen-bond donors (Lipinski definition) is 2. The molecule has 1 amide bonds. The molecule has 1 aliphatic heterocycles. The second kappa shape index (κ2) is 10.4. The van der Waals surface area contributed by atoms with E-state index in [0.29, 0.717) is 29.4 Å². The zero-order valence-corrected chi connectivity index (χ0v) is 20.2. The molecule has 4 aromatic carbocycles. The van der Waals surface area contributed by atoms with Gasteiger partial charge in [-0.05, 0) is 47.0 Å². The van der Waals surface area contributed by atoms with Gasteiger partial charge in [-0.25, -0.2) is 0 Å². The molecule has 0 saturated heterocycles. The first kappa shape index (κ1) is 23.2. The quantitative estimate of drug-likeness (QED) is 0.298. The normalized spacial score (nSPS) is 14.7. The summed E-state index contributed by atoms with van der Waals surface area (Å²) in [5, 5.41) is 6.41. The minimum atomic E-state index is -0.582. The Bertz CT molecular complexity index is 1380. The summed E-state index contributed by atoms with van der Waals surface area (Å²) in [7, 11) is 3.16. The van der Waals surface area contributed by atoms with E-state index in [1.54, 1.807) is 20.3 Å². The number of carbonyl (C=O) groups is 1. The fraction of sp³-hybridized carbons (Fsp3) is 0.133. The Hall–Kier alpha value is -4.58. The largest absolute Gasteiger partial charge is 0.493 e. The lowest BCUT2D eigenvalue weighted by Gasteiger charge is -2.15. The summed E-state index contributed by atoms with van der Waals surface area (Å²) in [6.45, 7) is 0.708. The Morgan fingerprint density at radius 2 is 1.50 bits per heavy atom. The Morgan fingerprint density at radius 1 is 0.861 bits per heavy atom. The van der Waals surface area contributed by atoms with E-state index in [9.17, 15) is 4.79 Å². The highest BCUT2D eigenvalue weighted by Crippen LogP contribution is 2.42. The van der Waals surface area contributed by atoms with Crippen LogP contribution in [0.2, 0.25) is 0 Å². The number of rotatable bonds is 8. The molecule has 0 aromatic heterocycles. The SMILES string of the molecule is COc1cc2c(cc1OC)C(C(=Nc1ccc(CNc3ccccc3)cc1)c1ccccc1)C(=O)N2. The molecule has 36 heavy (non-hydrogen) atoms. The Morgan fingerprint density at radius 3 is 2.17 bits per heavy atom. The molecule has 6 nitrogen and oxygen atoms in total. The monoisotopic (exact) mass is 477 g/mol. The molecule has 0 aliphatic carbocycles. The van der Waals surface area contributed by atoms with Crippen LogP contribution in [0.3, 0.4) is 0 Å². The summed E-state index contributed by atoms with van der Waals surface area (Å²) in [5.41, 5.74) is 6.06. The number of fused-ring (bicyclic) bond motifs is 1. The van der Waals surface area contributed by atoms with Crippen molar-refractivity contribution in [3.05, 3.63) is 114 Å². The van der Waals surface area contributed by atoms with Gasteiger partial charge in [-0.1, -0.05) is 60.7 Å². The molecule has 180 valence electrons. The van der Waals surface area contributed by atoms with Gasteiger partial charge in [0.15, 0.2) is 11.5 Å². The van der Waals surface area contributed by atoms with Crippen molar-refractivity contribution < 1.29 is 14.3 Å². The molecule has 4 aromatic rings. The van der Waals surface area contributed by atoms with Crippen molar-refractivity contribution in [2.45, 2.75) is 12.5 Å². The van der Waals surface area contributed by atoms with Crippen molar-refractivity contribution in [2.24, 2.45) is 4.99 Å². The molecule has 2 N–H and O–H groups in total. The molecule has 0 radical (unpaired) electrons. The smallest absolute Gasteiger partial charge is 0.238 e. The van der Waals surface area contributed by atoms with Crippen LogP contribution < -0.4 is 20.1 Å². The predicted octanol–water partition coefficient (Wildman–Crippen LogP) is 6.17. The van der Waals surface area contributed by atoms with Gasteiger partial charge in [-0.3, -0.25) is 9.79 Å². The third-order valence-corrected chi connectivity index (χ3v) is 6.19. The third-order valence-electron chi connectivity index (χ3n) is 6.19. The average molecular weight is 478 g/mol. The fourth-order valence-corrected chi connectivity index (χ4v) is 4.35. The molecule has 0 saturated carbocycles. The van der Waals surface area contributed by atoms with Crippen molar-refractivity contribution in [2.75, 3.05) is 24.9 Å². The molecule has 1 heterocycles. The number of hydrogen-bond acceptors (Lipinski definition) is 5. The first-order valence-corrected chi connectivity index (χ1v) is 11.7. The number of benzene rings is 4. The van der Waals surface area contributed by atoms with E-state index >= 15 is 0 Å². The lowest BCUT2D eigenvalue weighted by atomic mass is 9.90. The van der Waals surface area contributed by atoms with Crippen molar-refractivity contribution in [3.8, 4) is 11.5 Å². The Labute approximate surface area is 210 Å². The summed E-state index contributed by atoms with van der Waals surface area (Å²) in [4.78, 5) is 18.2. The van der Waals surface area contributed by atoms with E-state index in [4.69, 9.17) is 14.5 Å². The fourth-order valence-electron chi connectivity index (χ4n) is 4.35. The van der Waals surface area contributed by atoms with Gasteiger partial charge in [0.25, 0.3) is 0 Å². The molecule has 1 aliphatic rings. The maximum absolute atomic E-state index is 13.2. The van der Waals surface area contributed by atoms with Gasteiger partial charge >= 0.3 is 0 Å². The van der Waals surface area contributed by atoms with Gasteiger partial charge in [-0.15, -0.1) is 0 Å². The Kier molecular flexibility index (Phi) is 6.67. The van der Waals surface area contributed by atoms with E-state index in [1.807, 2.05) is 91.0 Å². The summed E-state index contributed by atoms with van der Waals surface area (Å²) in [6.07, 6.45) is 0. The minimum Gasteiger partial charge on any atom is -0.493 e. The molecule has 1 unspecified atom stereocenters. The second-order valence-electron chi connectivity index (χ2n) is 8.47. The van der Waals surface area contributed by atoms with Crippen LogP contribution in [-0.2, 0) is 11.3 Å². The lowest BCUT2D eigenvalue weighted by Crippen LogP contribution is -2.22. The number of ether oxygens (including phenoxy) is 2. The molecule has 5 rings (SSSR count). The van der Waals surface area contributed by atoms with Gasteiger partial charge in [0.05, 0.1) is 25.6 Å². The van der Waals surface area contributed by atoms with Gasteiger partial charge in [0.2, 0.25) is 5.91 Å². The number of nitrogens with one attached hydrogen (secondary N) is 2. The molecule has 1 atom stereocenters. The highest BCUT2D eigenvalue weighted by Gasteiger charge is 2.36. The molecule has 0 spiro atoms. The van der Waals surface area contributed by atoms with Crippen LogP contribution in [0.4, 0.5) is 17.1 Å². The van der Waals surface area contributed by atoms with Crippen LogP contribution >= 0.6 is 0 Å². The first-order valence-electron chi connectivity index (χ1n) is 11.7. The minimum absolute atomic E-state index is 0.133. The van der Waals surface area contributed by atoms with Crippen molar-refractivity contribution in [3.63, 3.8) is 0 Å². The lowest BCUT2D eigenvalue weighted by molar-refractivity contribution is -0.115. The van der Waals surface area contributed by atoms with Crippen molar-refractivity contribution >= 4 is 28.7 Å². The number of methoxy groups -OCH3 is 2. The van der Waals surface area contributed by atoms with Gasteiger partial charge < -0.3 is 20.1 Å². The molecule has 6 heteroatoms. The topological polar surface area (TPSA) is 72.0 Å². The number of amides is 1. The molecule has 0 fully saturated rings. The average Bonchev–Trinajstić information content (AvgIpc) is 3.25. The number of para-hydroxylation sites is 1. The van der Waals surface area contributed by atoms with Gasteiger partial charge in [0.1, 0.15) is 5.92 Å². The van der Waals surface area contributed by atoms with E-state index in [2.05, 4.69) is 10.6 Å². The standard InChI is InChI=1S/C30H27N3O3/c1-35-26-17-24-25(18-27(26)36-2)33-30(34)28(24)29(21-9-5-3-6-10-21)32-23-15-13-20(14-16-23)19-31-22-11-7-4-8-12-22/h3-18,28,31H,19H2,1-2H3,(H,33,34). The van der Waals surface area contributed by atoms with E-state index in [0.717, 1.165) is 28.1 Å². The molecular weight excluding hydrogens is 450 g/mol. The number of anilines is 2. The maximum Gasteiger partial charge on any atom is 0.238 e. The zero-order chi connectivity index (χ0) is 24.9. The second-order valence-corrected chi connectivity index (χ2v) is 8.47.